The quantitative estimate of drug-likeness (QED) is 0.792. The minimum atomic E-state index is 0.112. The van der Waals surface area contributed by atoms with E-state index in [0.717, 1.165) is 24.8 Å². The molecule has 1 saturated carbocycles. The SMILES string of the molecule is CCc1ccc(C(=O)CC2(CN)CCC2)cc1. The van der Waals surface area contributed by atoms with E-state index in [2.05, 4.69) is 6.92 Å². The van der Waals surface area contributed by atoms with Crippen molar-refractivity contribution >= 4 is 5.78 Å². The monoisotopic (exact) mass is 231 g/mol. The largest absolute Gasteiger partial charge is 0.330 e. The molecule has 2 rings (SSSR count). The van der Waals surface area contributed by atoms with Crippen molar-refractivity contribution in [3.8, 4) is 0 Å². The van der Waals surface area contributed by atoms with E-state index in [1.807, 2.05) is 24.3 Å². The second-order valence-electron chi connectivity index (χ2n) is 5.21. The Kier molecular flexibility index (Phi) is 3.63. The molecule has 1 aromatic rings. The smallest absolute Gasteiger partial charge is 0.163 e. The third kappa shape index (κ3) is 2.58. The molecule has 0 saturated heterocycles. The molecule has 0 unspecified atom stereocenters. The van der Waals surface area contributed by atoms with Gasteiger partial charge in [0.15, 0.2) is 5.78 Å². The number of ketones is 1. The second-order valence-corrected chi connectivity index (χ2v) is 5.21. The Morgan fingerprint density at radius 2 is 1.94 bits per heavy atom. The first-order chi connectivity index (χ1) is 8.19. The summed E-state index contributed by atoms with van der Waals surface area (Å²) in [5.41, 5.74) is 8.01. The van der Waals surface area contributed by atoms with E-state index in [4.69, 9.17) is 5.73 Å². The highest BCUT2D eigenvalue weighted by Gasteiger charge is 2.37. The van der Waals surface area contributed by atoms with Crippen LogP contribution in [0, 0.1) is 5.41 Å². The zero-order chi connectivity index (χ0) is 12.3. The van der Waals surface area contributed by atoms with Crippen LogP contribution in [0.25, 0.3) is 0 Å². The van der Waals surface area contributed by atoms with E-state index in [9.17, 15) is 4.79 Å². The van der Waals surface area contributed by atoms with Crippen LogP contribution in [0.1, 0.15) is 48.5 Å². The topological polar surface area (TPSA) is 43.1 Å². The van der Waals surface area contributed by atoms with Gasteiger partial charge in [-0.05, 0) is 36.8 Å². The minimum Gasteiger partial charge on any atom is -0.330 e. The fraction of sp³-hybridized carbons (Fsp3) is 0.533. The zero-order valence-electron chi connectivity index (χ0n) is 10.5. The van der Waals surface area contributed by atoms with Crippen molar-refractivity contribution in [2.45, 2.75) is 39.0 Å². The first-order valence-electron chi connectivity index (χ1n) is 6.51. The van der Waals surface area contributed by atoms with Gasteiger partial charge in [0.25, 0.3) is 0 Å². The first-order valence-corrected chi connectivity index (χ1v) is 6.51. The summed E-state index contributed by atoms with van der Waals surface area (Å²) in [4.78, 5) is 12.2. The van der Waals surface area contributed by atoms with Crippen LogP contribution in [-0.4, -0.2) is 12.3 Å². The predicted molar refractivity (Wildman–Crippen MR) is 70.1 cm³/mol. The number of Topliss-reactive ketones (excluding diaryl/α,β-unsaturated/α-hetero) is 1. The molecule has 0 amide bonds. The lowest BCUT2D eigenvalue weighted by molar-refractivity contribution is 0.0786. The molecule has 1 aliphatic rings. The van der Waals surface area contributed by atoms with Gasteiger partial charge in [-0.1, -0.05) is 37.6 Å². The van der Waals surface area contributed by atoms with E-state index in [1.54, 1.807) is 0 Å². The molecule has 1 aliphatic carbocycles. The zero-order valence-corrected chi connectivity index (χ0v) is 10.5. The highest BCUT2D eigenvalue weighted by atomic mass is 16.1. The van der Waals surface area contributed by atoms with Crippen molar-refractivity contribution in [1.82, 2.24) is 0 Å². The number of hydrogen-bond acceptors (Lipinski definition) is 2. The third-order valence-corrected chi connectivity index (χ3v) is 4.07. The number of benzene rings is 1. The lowest BCUT2D eigenvalue weighted by Gasteiger charge is -2.40. The molecule has 17 heavy (non-hydrogen) atoms. The first kappa shape index (κ1) is 12.3. The van der Waals surface area contributed by atoms with E-state index in [-0.39, 0.29) is 11.2 Å². The summed E-state index contributed by atoms with van der Waals surface area (Å²) < 4.78 is 0. The normalized spacial score (nSPS) is 17.5. The molecule has 0 bridgehead atoms. The summed E-state index contributed by atoms with van der Waals surface area (Å²) in [5.74, 6) is 0.248. The highest BCUT2D eigenvalue weighted by Crippen LogP contribution is 2.43. The van der Waals surface area contributed by atoms with Crippen LogP contribution < -0.4 is 5.73 Å². The van der Waals surface area contributed by atoms with Crippen LogP contribution in [0.2, 0.25) is 0 Å². The molecule has 0 aromatic heterocycles. The molecule has 92 valence electrons. The standard InChI is InChI=1S/C15H21NO/c1-2-12-4-6-13(7-5-12)14(17)10-15(11-16)8-3-9-15/h4-7H,2-3,8-11,16H2,1H3. The lowest BCUT2D eigenvalue weighted by atomic mass is 9.65. The van der Waals surface area contributed by atoms with Gasteiger partial charge in [-0.25, -0.2) is 0 Å². The fourth-order valence-corrected chi connectivity index (χ4v) is 2.50. The summed E-state index contributed by atoms with van der Waals surface area (Å²) in [5, 5.41) is 0. The van der Waals surface area contributed by atoms with Gasteiger partial charge in [0.05, 0.1) is 0 Å². The number of rotatable bonds is 5. The van der Waals surface area contributed by atoms with E-state index in [0.29, 0.717) is 13.0 Å². The molecular weight excluding hydrogens is 210 g/mol. The molecule has 0 heterocycles. The van der Waals surface area contributed by atoms with Gasteiger partial charge in [-0.3, -0.25) is 4.79 Å². The van der Waals surface area contributed by atoms with Crippen LogP contribution in [0.15, 0.2) is 24.3 Å². The minimum absolute atomic E-state index is 0.112. The van der Waals surface area contributed by atoms with E-state index in [1.165, 1.54) is 12.0 Å². The number of nitrogens with two attached hydrogens (primary N) is 1. The van der Waals surface area contributed by atoms with Gasteiger partial charge in [-0.2, -0.15) is 0 Å². The van der Waals surface area contributed by atoms with Crippen molar-refractivity contribution < 1.29 is 4.79 Å². The molecule has 2 nitrogen and oxygen atoms in total. The molecule has 1 fully saturated rings. The molecule has 0 spiro atoms. The average molecular weight is 231 g/mol. The summed E-state index contributed by atoms with van der Waals surface area (Å²) in [6.45, 7) is 2.76. The van der Waals surface area contributed by atoms with Crippen molar-refractivity contribution in [3.05, 3.63) is 35.4 Å². The lowest BCUT2D eigenvalue weighted by Crippen LogP contribution is -2.39. The van der Waals surface area contributed by atoms with Gasteiger partial charge in [-0.15, -0.1) is 0 Å². The summed E-state index contributed by atoms with van der Waals surface area (Å²) in [6.07, 6.45) is 5.08. The molecule has 0 atom stereocenters. The van der Waals surface area contributed by atoms with Crippen LogP contribution in [-0.2, 0) is 6.42 Å². The molecule has 0 aliphatic heterocycles. The number of aryl methyl sites for hydroxylation is 1. The Morgan fingerprint density at radius 3 is 2.35 bits per heavy atom. The number of hydrogen-bond donors (Lipinski definition) is 1. The second kappa shape index (κ2) is 5.01. The van der Waals surface area contributed by atoms with Crippen molar-refractivity contribution in [3.63, 3.8) is 0 Å². The molecule has 0 radical (unpaired) electrons. The van der Waals surface area contributed by atoms with Gasteiger partial charge in [0.1, 0.15) is 0 Å². The maximum atomic E-state index is 12.2. The average Bonchev–Trinajstić information content (AvgIpc) is 2.33. The molecule has 1 aromatic carbocycles. The van der Waals surface area contributed by atoms with E-state index >= 15 is 0 Å². The maximum Gasteiger partial charge on any atom is 0.163 e. The molecule has 2 heteroatoms. The Hall–Kier alpha value is -1.15. The van der Waals surface area contributed by atoms with Gasteiger partial charge >= 0.3 is 0 Å². The third-order valence-electron chi connectivity index (χ3n) is 4.07. The number of carbonyl (C=O) groups excluding carboxylic acids is 1. The van der Waals surface area contributed by atoms with Crippen molar-refractivity contribution in [2.75, 3.05) is 6.54 Å². The maximum absolute atomic E-state index is 12.2. The van der Waals surface area contributed by atoms with Gasteiger partial charge in [0, 0.05) is 12.0 Å². The Morgan fingerprint density at radius 1 is 1.29 bits per heavy atom. The van der Waals surface area contributed by atoms with E-state index < -0.39 is 0 Å². The highest BCUT2D eigenvalue weighted by molar-refractivity contribution is 5.96. The van der Waals surface area contributed by atoms with Gasteiger partial charge < -0.3 is 5.73 Å². The Balaban J connectivity index is 2.03. The number of carbonyl (C=O) groups is 1. The van der Waals surface area contributed by atoms with Crippen LogP contribution in [0.3, 0.4) is 0 Å². The van der Waals surface area contributed by atoms with Crippen LogP contribution in [0.5, 0.6) is 0 Å². The summed E-state index contributed by atoms with van der Waals surface area (Å²) >= 11 is 0. The summed E-state index contributed by atoms with van der Waals surface area (Å²) in [6, 6.07) is 7.99. The van der Waals surface area contributed by atoms with Crippen LogP contribution >= 0.6 is 0 Å². The van der Waals surface area contributed by atoms with Crippen molar-refractivity contribution in [1.29, 1.82) is 0 Å². The molecule has 2 N–H and O–H groups in total. The molecular formula is C15H21NO. The Bertz CT molecular complexity index is 384. The van der Waals surface area contributed by atoms with Crippen LogP contribution in [0.4, 0.5) is 0 Å². The summed E-state index contributed by atoms with van der Waals surface area (Å²) in [7, 11) is 0. The van der Waals surface area contributed by atoms with Gasteiger partial charge in [0.2, 0.25) is 0 Å². The fourth-order valence-electron chi connectivity index (χ4n) is 2.50. The van der Waals surface area contributed by atoms with Crippen molar-refractivity contribution in [2.24, 2.45) is 11.1 Å². The Labute approximate surface area is 103 Å². The predicted octanol–water partition coefficient (Wildman–Crippen LogP) is 2.95.